The van der Waals surface area contributed by atoms with Crippen molar-refractivity contribution in [3.05, 3.63) is 44.0 Å². The zero-order valence-electron chi connectivity index (χ0n) is 11.6. The number of aliphatic hydroxyl groups is 1. The molecule has 0 amide bonds. The first kappa shape index (κ1) is 23.0. The summed E-state index contributed by atoms with van der Waals surface area (Å²) in [5.74, 6) is 0.622. The number of aryl methyl sites for hydroxylation is 1. The standard InChI is InChI=1S/C12H15N3O2S.2BrH.ClH/c1-8-11(3-4-16)18-7-15(8)6-10-5-13-9(2)14-12(10)17;;;/h5,7,16H,3-4,6H2,1-2H3;3*1H/p-1. The number of halogens is 3. The number of H-pyrrole nitrogens is 1. The number of nitrogens with one attached hydrogen (secondary N) is 1. The van der Waals surface area contributed by atoms with Crippen LogP contribution in [0.15, 0.2) is 16.5 Å². The summed E-state index contributed by atoms with van der Waals surface area (Å²) >= 11 is 1.60. The van der Waals surface area contributed by atoms with E-state index >= 15 is 0 Å². The highest BCUT2D eigenvalue weighted by molar-refractivity contribution is 8.93. The molecule has 5 nitrogen and oxygen atoms in total. The highest BCUT2D eigenvalue weighted by Gasteiger charge is 2.16. The van der Waals surface area contributed by atoms with Crippen molar-refractivity contribution in [2.75, 3.05) is 6.61 Å². The third-order valence-corrected chi connectivity index (χ3v) is 3.98. The van der Waals surface area contributed by atoms with Crippen LogP contribution in [0.2, 0.25) is 0 Å². The van der Waals surface area contributed by atoms with E-state index in [0.29, 0.717) is 24.4 Å². The number of aliphatic hydroxyl groups excluding tert-OH is 1. The molecule has 0 fully saturated rings. The van der Waals surface area contributed by atoms with E-state index in [4.69, 9.17) is 5.11 Å². The fourth-order valence-corrected chi connectivity index (χ4v) is 2.74. The number of hydrogen-bond donors (Lipinski definition) is 2. The molecular weight excluding hydrogens is 445 g/mol. The summed E-state index contributed by atoms with van der Waals surface area (Å²) in [6.45, 7) is 4.41. The quantitative estimate of drug-likeness (QED) is 0.447. The van der Waals surface area contributed by atoms with Gasteiger partial charge in [0.1, 0.15) is 11.4 Å². The van der Waals surface area contributed by atoms with E-state index in [2.05, 4.69) is 9.97 Å². The van der Waals surface area contributed by atoms with Crippen LogP contribution in [0, 0.1) is 13.8 Å². The molecule has 0 aliphatic carbocycles. The molecule has 2 aromatic heterocycles. The molecule has 0 bridgehead atoms. The highest BCUT2D eigenvalue weighted by Crippen LogP contribution is 2.11. The molecule has 21 heavy (non-hydrogen) atoms. The topological polar surface area (TPSA) is 69.9 Å². The SMILES string of the molecule is Br.Cc1ncc(C[n+]2csc(CCO)c2C)c(=O)[nH]1.[Br-].[Cl-]. The monoisotopic (exact) mass is 460 g/mol. The molecule has 2 heterocycles. The summed E-state index contributed by atoms with van der Waals surface area (Å²) in [5.41, 5.74) is 3.61. The van der Waals surface area contributed by atoms with Crippen molar-refractivity contribution in [2.45, 2.75) is 26.8 Å². The van der Waals surface area contributed by atoms with Crippen LogP contribution in [-0.4, -0.2) is 21.7 Å². The van der Waals surface area contributed by atoms with Gasteiger partial charge >= 0.3 is 0 Å². The summed E-state index contributed by atoms with van der Waals surface area (Å²) < 4.78 is 2.01. The molecule has 0 saturated carbocycles. The Kier molecular flexibility index (Phi) is 11.4. The van der Waals surface area contributed by atoms with Crippen molar-refractivity contribution in [3.8, 4) is 0 Å². The predicted octanol–water partition coefficient (Wildman–Crippen LogP) is -5.10. The third kappa shape index (κ3) is 5.78. The fourth-order valence-electron chi connectivity index (χ4n) is 1.76. The molecular formula is C12H17Br2ClN3O2S-. The Morgan fingerprint density at radius 2 is 2.10 bits per heavy atom. The third-order valence-electron chi connectivity index (χ3n) is 2.84. The Bertz CT molecular complexity index is 619. The molecule has 9 heteroatoms. The van der Waals surface area contributed by atoms with Crippen molar-refractivity contribution >= 4 is 28.3 Å². The van der Waals surface area contributed by atoms with Crippen LogP contribution in [0.4, 0.5) is 0 Å². The van der Waals surface area contributed by atoms with Crippen LogP contribution in [0.3, 0.4) is 0 Å². The van der Waals surface area contributed by atoms with Gasteiger partial charge in [-0.3, -0.25) is 4.79 Å². The average Bonchev–Trinajstić information content (AvgIpc) is 2.66. The van der Waals surface area contributed by atoms with Crippen molar-refractivity contribution in [1.82, 2.24) is 9.97 Å². The normalized spacial score (nSPS) is 9.29. The van der Waals surface area contributed by atoms with E-state index in [1.807, 2.05) is 17.0 Å². The molecule has 2 aromatic rings. The van der Waals surface area contributed by atoms with Gasteiger partial charge < -0.3 is 39.5 Å². The molecule has 0 saturated heterocycles. The van der Waals surface area contributed by atoms with Gasteiger partial charge in [0, 0.05) is 26.1 Å². The second kappa shape index (κ2) is 10.4. The molecule has 2 rings (SSSR count). The van der Waals surface area contributed by atoms with Crippen LogP contribution in [0.25, 0.3) is 0 Å². The van der Waals surface area contributed by atoms with Gasteiger partial charge in [0.15, 0.2) is 12.2 Å². The second-order valence-corrected chi connectivity index (χ2v) is 5.10. The first-order valence-corrected chi connectivity index (χ1v) is 6.62. The summed E-state index contributed by atoms with van der Waals surface area (Å²) in [6, 6.07) is 0. The van der Waals surface area contributed by atoms with Crippen molar-refractivity contribution in [2.24, 2.45) is 0 Å². The van der Waals surface area contributed by atoms with E-state index in [1.165, 1.54) is 0 Å². The Morgan fingerprint density at radius 3 is 2.67 bits per heavy atom. The smallest absolute Gasteiger partial charge is 0.260 e. The van der Waals surface area contributed by atoms with Gasteiger partial charge in [-0.25, -0.2) is 4.98 Å². The van der Waals surface area contributed by atoms with Gasteiger partial charge in [-0.15, -0.1) is 17.0 Å². The lowest BCUT2D eigenvalue weighted by molar-refractivity contribution is -0.689. The summed E-state index contributed by atoms with van der Waals surface area (Å²) in [6.07, 6.45) is 2.27. The summed E-state index contributed by atoms with van der Waals surface area (Å²) in [7, 11) is 0. The van der Waals surface area contributed by atoms with Crippen molar-refractivity contribution in [1.29, 1.82) is 0 Å². The first-order valence-electron chi connectivity index (χ1n) is 5.74. The van der Waals surface area contributed by atoms with Gasteiger partial charge in [-0.05, 0) is 6.92 Å². The average molecular weight is 463 g/mol. The summed E-state index contributed by atoms with van der Waals surface area (Å²) in [4.78, 5) is 19.7. The van der Waals surface area contributed by atoms with E-state index < -0.39 is 0 Å². The van der Waals surface area contributed by atoms with E-state index in [9.17, 15) is 4.79 Å². The minimum absolute atomic E-state index is 0. The van der Waals surface area contributed by atoms with Gasteiger partial charge in [0.05, 0.1) is 4.88 Å². The molecule has 0 aromatic carbocycles. The lowest BCUT2D eigenvalue weighted by Crippen LogP contribution is -3.00. The molecule has 0 spiro atoms. The molecule has 0 atom stereocenters. The van der Waals surface area contributed by atoms with E-state index in [0.717, 1.165) is 10.6 Å². The minimum atomic E-state index is -0.0932. The molecule has 2 N–H and O–H groups in total. The van der Waals surface area contributed by atoms with Crippen LogP contribution in [-0.2, 0) is 13.0 Å². The van der Waals surface area contributed by atoms with Gasteiger partial charge in [0.2, 0.25) is 5.51 Å². The maximum absolute atomic E-state index is 11.7. The van der Waals surface area contributed by atoms with Crippen LogP contribution >= 0.6 is 28.3 Å². The molecule has 120 valence electrons. The van der Waals surface area contributed by atoms with E-state index in [-0.39, 0.29) is 58.5 Å². The van der Waals surface area contributed by atoms with Crippen LogP contribution < -0.4 is 39.5 Å². The maximum atomic E-state index is 11.7. The zero-order chi connectivity index (χ0) is 13.1. The maximum Gasteiger partial charge on any atom is 0.260 e. The van der Waals surface area contributed by atoms with Crippen LogP contribution in [0.1, 0.15) is 22.0 Å². The van der Waals surface area contributed by atoms with Crippen LogP contribution in [0.5, 0.6) is 0 Å². The van der Waals surface area contributed by atoms with Gasteiger partial charge in [-0.2, -0.15) is 4.57 Å². The lowest BCUT2D eigenvalue weighted by atomic mass is 10.3. The van der Waals surface area contributed by atoms with Gasteiger partial charge in [0.25, 0.3) is 5.56 Å². The second-order valence-electron chi connectivity index (χ2n) is 4.16. The Labute approximate surface area is 154 Å². The Hall–Kier alpha value is -0.280. The predicted molar refractivity (Wildman–Crippen MR) is 79.1 cm³/mol. The number of aromatic nitrogens is 3. The molecule has 0 unspecified atom stereocenters. The number of aromatic amines is 1. The van der Waals surface area contributed by atoms with E-state index in [1.54, 1.807) is 24.5 Å². The number of hydrogen-bond acceptors (Lipinski definition) is 4. The molecule has 0 aliphatic heterocycles. The minimum Gasteiger partial charge on any atom is -1.00 e. The van der Waals surface area contributed by atoms with Crippen molar-refractivity contribution < 1.29 is 39.1 Å². The lowest BCUT2D eigenvalue weighted by Gasteiger charge is -1.97. The fraction of sp³-hybridized carbons (Fsp3) is 0.417. The zero-order valence-corrected chi connectivity index (χ0v) is 16.5. The number of thiazole rings is 1. The Morgan fingerprint density at radius 1 is 1.43 bits per heavy atom. The Balaban J connectivity index is 0. The largest absolute Gasteiger partial charge is 1.00 e. The highest BCUT2D eigenvalue weighted by atomic mass is 79.9. The number of rotatable bonds is 4. The first-order chi connectivity index (χ1) is 8.61. The van der Waals surface area contributed by atoms with Crippen molar-refractivity contribution in [3.63, 3.8) is 0 Å². The molecule has 0 aliphatic rings. The number of nitrogens with zero attached hydrogens (tertiary/aromatic N) is 2. The summed E-state index contributed by atoms with van der Waals surface area (Å²) in [5, 5.41) is 8.95. The van der Waals surface area contributed by atoms with Gasteiger partial charge in [-0.1, -0.05) is 11.3 Å². The molecule has 0 radical (unpaired) electrons.